The molecule has 0 saturated heterocycles. The molecule has 3 atom stereocenters. The van der Waals surface area contributed by atoms with Crippen LogP contribution < -0.4 is 10.4 Å². The maximum Gasteiger partial charge on any atom is 0.0780 e. The predicted molar refractivity (Wildman–Crippen MR) is 216 cm³/mol. The fourth-order valence-electron chi connectivity index (χ4n) is 8.58. The van der Waals surface area contributed by atoms with Gasteiger partial charge in [0.05, 0.1) is 11.7 Å². The van der Waals surface area contributed by atoms with Crippen LogP contribution in [-0.4, -0.2) is 17.2 Å². The summed E-state index contributed by atoms with van der Waals surface area (Å²) in [5, 5.41) is 10.3. The van der Waals surface area contributed by atoms with Crippen LogP contribution in [0.1, 0.15) is 24.6 Å². The van der Waals surface area contributed by atoms with Crippen LogP contribution in [0.5, 0.6) is 0 Å². The Kier molecular flexibility index (Phi) is 6.86. The van der Waals surface area contributed by atoms with Gasteiger partial charge < -0.3 is 0 Å². The Morgan fingerprint density at radius 2 is 1.37 bits per heavy atom. The van der Waals surface area contributed by atoms with Gasteiger partial charge in [0, 0.05) is 34.9 Å². The maximum atomic E-state index is 4.98. The molecule has 1 aliphatic heterocycles. The summed E-state index contributed by atoms with van der Waals surface area (Å²) >= 11 is 0. The number of nitrogens with zero attached hydrogens (tertiary/aromatic N) is 2. The van der Waals surface area contributed by atoms with Gasteiger partial charge in [-0.3, -0.25) is 9.98 Å². The third kappa shape index (κ3) is 5.02. The van der Waals surface area contributed by atoms with Gasteiger partial charge in [-0.05, 0) is 89.6 Å². The quantitative estimate of drug-likeness (QED) is 0.174. The molecule has 0 fully saturated rings. The lowest BCUT2D eigenvalue weighted by Gasteiger charge is -2.32. The molecular formula is C49H36N2. The van der Waals surface area contributed by atoms with Crippen LogP contribution >= 0.6 is 0 Å². The van der Waals surface area contributed by atoms with Crippen molar-refractivity contribution in [3.05, 3.63) is 180 Å². The number of dihydropyridines is 1. The van der Waals surface area contributed by atoms with E-state index in [1.807, 2.05) is 12.4 Å². The van der Waals surface area contributed by atoms with E-state index in [1.165, 1.54) is 59.4 Å². The Balaban J connectivity index is 1.18. The lowest BCUT2D eigenvalue weighted by Crippen LogP contribution is -2.34. The number of hydrogen-bond donors (Lipinski definition) is 0. The van der Waals surface area contributed by atoms with Gasteiger partial charge in [-0.25, -0.2) is 0 Å². The van der Waals surface area contributed by atoms with Crippen LogP contribution in [-0.2, 0) is 5.41 Å². The molecule has 51 heavy (non-hydrogen) atoms. The third-order valence-corrected chi connectivity index (χ3v) is 11.1. The van der Waals surface area contributed by atoms with Gasteiger partial charge in [-0.1, -0.05) is 153 Å². The van der Waals surface area contributed by atoms with Gasteiger partial charge in [-0.2, -0.15) is 0 Å². The van der Waals surface area contributed by atoms with E-state index in [-0.39, 0.29) is 17.4 Å². The molecule has 2 heteroatoms. The fourth-order valence-corrected chi connectivity index (χ4v) is 8.58. The summed E-state index contributed by atoms with van der Waals surface area (Å²) in [6.07, 6.45) is 20.7. The average Bonchev–Trinajstić information content (AvgIpc) is 3.19. The minimum absolute atomic E-state index is 0.190. The molecule has 2 heterocycles. The second-order valence-corrected chi connectivity index (χ2v) is 14.4. The van der Waals surface area contributed by atoms with Gasteiger partial charge in [0.2, 0.25) is 0 Å². The topological polar surface area (TPSA) is 25.2 Å². The van der Waals surface area contributed by atoms with Crippen molar-refractivity contribution in [1.29, 1.82) is 0 Å². The Hall–Kier alpha value is -6.12. The molecule has 0 radical (unpaired) electrons. The molecule has 2 nitrogen and oxygen atoms in total. The standard InChI is InChI=1S/C49H36N2/c1-49(25-24-33-11-3-5-14-38(33)29-49)48-43-16-8-7-15-41(43)47(37-19-18-32-10-2-4-12-34(32)26-37)42-22-20-35(28-44(42)48)39-21-23-46(50-30-39)40-27-36-13-6-9-17-45(36)51-31-40/h2-24,26-31,36,45H,25H2,1H3. The van der Waals surface area contributed by atoms with Crippen molar-refractivity contribution in [3.8, 4) is 22.3 Å². The fraction of sp³-hybridized carbons (Fsp3) is 0.102. The van der Waals surface area contributed by atoms with Crippen LogP contribution in [0.3, 0.4) is 0 Å². The molecule has 10 rings (SSSR count). The molecular weight excluding hydrogens is 617 g/mol. The summed E-state index contributed by atoms with van der Waals surface area (Å²) in [5.74, 6) is 0.282. The van der Waals surface area contributed by atoms with Crippen molar-refractivity contribution in [1.82, 2.24) is 4.98 Å². The molecule has 0 spiro atoms. The van der Waals surface area contributed by atoms with E-state index >= 15 is 0 Å². The smallest absolute Gasteiger partial charge is 0.0780 e. The first kappa shape index (κ1) is 29.8. The van der Waals surface area contributed by atoms with Gasteiger partial charge in [0.1, 0.15) is 0 Å². The summed E-state index contributed by atoms with van der Waals surface area (Å²) in [6.45, 7) is 2.42. The van der Waals surface area contributed by atoms with Crippen LogP contribution in [0.4, 0.5) is 0 Å². The van der Waals surface area contributed by atoms with Crippen LogP contribution in [0, 0.1) is 5.92 Å². The van der Waals surface area contributed by atoms with Crippen LogP contribution in [0.15, 0.2) is 163 Å². The van der Waals surface area contributed by atoms with Gasteiger partial charge in [0.25, 0.3) is 0 Å². The molecule has 0 saturated carbocycles. The Morgan fingerprint density at radius 1 is 0.627 bits per heavy atom. The molecule has 1 aromatic heterocycles. The summed E-state index contributed by atoms with van der Waals surface area (Å²) in [5.41, 5.74) is 7.99. The minimum Gasteiger partial charge on any atom is -0.284 e. The Bertz CT molecular complexity index is 2800. The first-order valence-electron chi connectivity index (χ1n) is 17.9. The van der Waals surface area contributed by atoms with E-state index in [2.05, 4.69) is 171 Å². The molecule has 7 aromatic rings. The second kappa shape index (κ2) is 11.7. The number of hydrogen-bond acceptors (Lipinski definition) is 2. The normalized spacial score (nSPS) is 20.5. The minimum atomic E-state index is -0.206. The van der Waals surface area contributed by atoms with E-state index < -0.39 is 0 Å². The number of allylic oxidation sites excluding steroid dienone is 3. The van der Waals surface area contributed by atoms with E-state index in [0.29, 0.717) is 0 Å². The number of aliphatic imine (C=N–C) groups is 1. The van der Waals surface area contributed by atoms with Crippen molar-refractivity contribution < 1.29 is 0 Å². The molecule has 6 aromatic carbocycles. The number of benzene rings is 6. The van der Waals surface area contributed by atoms with E-state index in [4.69, 9.17) is 9.98 Å². The van der Waals surface area contributed by atoms with Crippen molar-refractivity contribution in [3.63, 3.8) is 0 Å². The summed E-state index contributed by atoms with van der Waals surface area (Å²) in [4.78, 5) is 9.78. The van der Waals surface area contributed by atoms with Crippen LogP contribution in [0.2, 0.25) is 0 Å². The zero-order chi connectivity index (χ0) is 33.9. The predicted octanol–water partition coefficient (Wildman–Crippen LogP) is 10.4. The monoisotopic (exact) mass is 652 g/mol. The van der Waals surface area contributed by atoms with Crippen molar-refractivity contribution >= 4 is 56.3 Å². The van der Waals surface area contributed by atoms with Crippen LogP contribution in [0.25, 0.3) is 72.3 Å². The highest BCUT2D eigenvalue weighted by molar-refractivity contribution is 6.17. The Labute approximate surface area is 297 Å². The molecule has 242 valence electrons. The van der Waals surface area contributed by atoms with Gasteiger partial charge in [0.15, 0.2) is 0 Å². The van der Waals surface area contributed by atoms with Gasteiger partial charge >= 0.3 is 0 Å². The zero-order valence-corrected chi connectivity index (χ0v) is 28.5. The first-order chi connectivity index (χ1) is 25.1. The Morgan fingerprint density at radius 3 is 2.25 bits per heavy atom. The zero-order valence-electron chi connectivity index (χ0n) is 28.5. The first-order valence-corrected chi connectivity index (χ1v) is 17.9. The van der Waals surface area contributed by atoms with E-state index in [1.54, 1.807) is 0 Å². The third-order valence-electron chi connectivity index (χ3n) is 11.1. The molecule has 3 aliphatic rings. The van der Waals surface area contributed by atoms with Crippen molar-refractivity contribution in [2.24, 2.45) is 10.9 Å². The average molecular weight is 653 g/mol. The van der Waals surface area contributed by atoms with Crippen molar-refractivity contribution in [2.45, 2.75) is 24.8 Å². The summed E-state index contributed by atoms with van der Waals surface area (Å²) in [6, 6.07) is 45.0. The van der Waals surface area contributed by atoms with Gasteiger partial charge in [-0.15, -0.1) is 0 Å². The molecule has 0 amide bonds. The lowest BCUT2D eigenvalue weighted by molar-refractivity contribution is 0.665. The second-order valence-electron chi connectivity index (χ2n) is 14.4. The summed E-state index contributed by atoms with van der Waals surface area (Å²) in [7, 11) is 0. The summed E-state index contributed by atoms with van der Waals surface area (Å²) < 4.78 is 0. The number of rotatable bonds is 4. The molecule has 3 unspecified atom stereocenters. The number of fused-ring (bicyclic) bond motifs is 5. The van der Waals surface area contributed by atoms with E-state index in [9.17, 15) is 0 Å². The SMILES string of the molecule is CC1(c2c3ccccc3c(-c3ccc4ccccc4c3)c3ccc(-c4ccc(C5=CC6C=CC=CC6N=C5)nc4)cc23)C=c2ccccc2=CC1. The highest BCUT2D eigenvalue weighted by Gasteiger charge is 2.30. The number of pyridine rings is 1. The maximum absolute atomic E-state index is 4.98. The largest absolute Gasteiger partial charge is 0.284 e. The molecule has 0 bridgehead atoms. The molecule has 0 N–H and O–H groups in total. The van der Waals surface area contributed by atoms with Crippen molar-refractivity contribution in [2.75, 3.05) is 0 Å². The highest BCUT2D eigenvalue weighted by Crippen LogP contribution is 2.47. The highest BCUT2D eigenvalue weighted by atomic mass is 14.8. The lowest BCUT2D eigenvalue weighted by atomic mass is 9.71. The van der Waals surface area contributed by atoms with E-state index in [0.717, 1.165) is 28.8 Å². The number of aromatic nitrogens is 1. The molecule has 2 aliphatic carbocycles.